The third-order valence-electron chi connectivity index (χ3n) is 2.05. The van der Waals surface area contributed by atoms with Gasteiger partial charge in [0, 0.05) is 11.8 Å². The molecule has 1 unspecified atom stereocenters. The van der Waals surface area contributed by atoms with Gasteiger partial charge in [-0.1, -0.05) is 5.16 Å². The van der Waals surface area contributed by atoms with Crippen LogP contribution in [0.5, 0.6) is 0 Å². The molecule has 2 rings (SSSR count). The van der Waals surface area contributed by atoms with Crippen molar-refractivity contribution < 1.29 is 14.1 Å². The van der Waals surface area contributed by atoms with Gasteiger partial charge in [0.1, 0.15) is 11.8 Å². The summed E-state index contributed by atoms with van der Waals surface area (Å²) in [4.78, 5) is 22.8. The minimum Gasteiger partial charge on any atom is -0.360 e. The van der Waals surface area contributed by atoms with Crippen molar-refractivity contribution >= 4 is 29.4 Å². The molecule has 1 aromatic rings. The summed E-state index contributed by atoms with van der Waals surface area (Å²) in [7, 11) is 0. The molecule has 0 aliphatic carbocycles. The van der Waals surface area contributed by atoms with Gasteiger partial charge in [0.25, 0.3) is 0 Å². The Labute approximate surface area is 96.1 Å². The van der Waals surface area contributed by atoms with Gasteiger partial charge in [-0.25, -0.2) is 0 Å². The van der Waals surface area contributed by atoms with Gasteiger partial charge < -0.3 is 15.2 Å². The van der Waals surface area contributed by atoms with E-state index in [-0.39, 0.29) is 11.8 Å². The minimum atomic E-state index is -0.497. The highest BCUT2D eigenvalue weighted by molar-refractivity contribution is 8.00. The molecule has 0 spiro atoms. The minimum absolute atomic E-state index is 0.118. The van der Waals surface area contributed by atoms with Crippen molar-refractivity contribution in [2.45, 2.75) is 13.0 Å². The maximum atomic E-state index is 11.7. The van der Waals surface area contributed by atoms with Gasteiger partial charge in [0.05, 0.1) is 5.75 Å². The van der Waals surface area contributed by atoms with Crippen LogP contribution in [0.2, 0.25) is 0 Å². The molecule has 16 heavy (non-hydrogen) atoms. The van der Waals surface area contributed by atoms with E-state index < -0.39 is 6.04 Å². The zero-order valence-electron chi connectivity index (χ0n) is 8.65. The monoisotopic (exact) mass is 241 g/mol. The van der Waals surface area contributed by atoms with Gasteiger partial charge in [0.2, 0.25) is 11.8 Å². The molecule has 0 aromatic carbocycles. The number of hydrogen-bond acceptors (Lipinski definition) is 5. The quantitative estimate of drug-likeness (QED) is 0.770. The highest BCUT2D eigenvalue weighted by Gasteiger charge is 2.25. The molecule has 1 aliphatic rings. The number of nitrogens with one attached hydrogen (secondary N) is 2. The lowest BCUT2D eigenvalue weighted by Gasteiger charge is -2.21. The van der Waals surface area contributed by atoms with E-state index >= 15 is 0 Å². The van der Waals surface area contributed by atoms with Gasteiger partial charge >= 0.3 is 0 Å². The summed E-state index contributed by atoms with van der Waals surface area (Å²) in [6, 6.07) is 1.12. The van der Waals surface area contributed by atoms with Gasteiger partial charge in [-0.15, -0.1) is 11.8 Å². The van der Waals surface area contributed by atoms with Crippen LogP contribution in [0.15, 0.2) is 10.6 Å². The fourth-order valence-electron chi connectivity index (χ4n) is 1.33. The van der Waals surface area contributed by atoms with E-state index in [0.29, 0.717) is 23.1 Å². The Morgan fingerprint density at radius 1 is 1.75 bits per heavy atom. The second kappa shape index (κ2) is 4.56. The van der Waals surface area contributed by atoms with Gasteiger partial charge in [0.15, 0.2) is 5.82 Å². The van der Waals surface area contributed by atoms with Gasteiger partial charge in [-0.2, -0.15) is 0 Å². The Kier molecular flexibility index (Phi) is 3.14. The second-order valence-electron chi connectivity index (χ2n) is 3.45. The van der Waals surface area contributed by atoms with Crippen molar-refractivity contribution in [2.75, 3.05) is 16.8 Å². The fourth-order valence-corrected chi connectivity index (χ4v) is 2.18. The summed E-state index contributed by atoms with van der Waals surface area (Å²) < 4.78 is 4.82. The predicted molar refractivity (Wildman–Crippen MR) is 59.1 cm³/mol. The van der Waals surface area contributed by atoms with Crippen molar-refractivity contribution in [2.24, 2.45) is 0 Å². The summed E-state index contributed by atoms with van der Waals surface area (Å²) >= 11 is 1.44. The number of carbonyl (C=O) groups excluding carboxylic acids is 2. The summed E-state index contributed by atoms with van der Waals surface area (Å²) in [6.45, 7) is 1.74. The number of aryl methyl sites for hydroxylation is 1. The first-order valence-electron chi connectivity index (χ1n) is 4.76. The Hall–Kier alpha value is -1.50. The largest absolute Gasteiger partial charge is 0.360 e. The molecule has 1 atom stereocenters. The number of hydrogen-bond donors (Lipinski definition) is 2. The maximum Gasteiger partial charge on any atom is 0.249 e. The molecule has 0 saturated carbocycles. The van der Waals surface area contributed by atoms with Gasteiger partial charge in [-0.3, -0.25) is 9.59 Å². The second-order valence-corrected chi connectivity index (χ2v) is 4.48. The molecule has 0 bridgehead atoms. The number of thioether (sulfide) groups is 1. The number of nitrogens with zero attached hydrogens (tertiary/aromatic N) is 1. The average molecular weight is 241 g/mol. The maximum absolute atomic E-state index is 11.7. The third kappa shape index (κ3) is 2.54. The van der Waals surface area contributed by atoms with Crippen molar-refractivity contribution in [1.82, 2.24) is 10.5 Å². The van der Waals surface area contributed by atoms with E-state index in [9.17, 15) is 9.59 Å². The van der Waals surface area contributed by atoms with Crippen molar-refractivity contribution in [1.29, 1.82) is 0 Å². The first kappa shape index (κ1) is 11.0. The molecule has 1 fully saturated rings. The predicted octanol–water partition coefficient (Wildman–Crippen LogP) is 0.153. The molecular weight excluding hydrogens is 230 g/mol. The van der Waals surface area contributed by atoms with Crippen LogP contribution in [0.3, 0.4) is 0 Å². The lowest BCUT2D eigenvalue weighted by Crippen LogP contribution is -2.49. The molecule has 2 heterocycles. The molecule has 1 saturated heterocycles. The lowest BCUT2D eigenvalue weighted by atomic mass is 10.3. The summed E-state index contributed by atoms with van der Waals surface area (Å²) in [5.74, 6) is 1.59. The van der Waals surface area contributed by atoms with E-state index in [0.717, 1.165) is 0 Å². The summed E-state index contributed by atoms with van der Waals surface area (Å²) in [5, 5.41) is 8.84. The average Bonchev–Trinajstić information content (AvgIpc) is 2.64. The normalized spacial score (nSPS) is 20.3. The molecular formula is C9H11N3O3S. The van der Waals surface area contributed by atoms with Crippen LogP contribution in [-0.2, 0) is 9.59 Å². The Balaban J connectivity index is 1.94. The van der Waals surface area contributed by atoms with Crippen molar-refractivity contribution in [3.8, 4) is 0 Å². The fraction of sp³-hybridized carbons (Fsp3) is 0.444. The zero-order valence-corrected chi connectivity index (χ0v) is 9.47. The number of amides is 2. The van der Waals surface area contributed by atoms with Crippen LogP contribution in [0.25, 0.3) is 0 Å². The summed E-state index contributed by atoms with van der Waals surface area (Å²) in [5.41, 5.74) is 0. The van der Waals surface area contributed by atoms with E-state index in [1.807, 2.05) is 0 Å². The molecule has 1 aromatic heterocycles. The Morgan fingerprint density at radius 2 is 2.56 bits per heavy atom. The van der Waals surface area contributed by atoms with Crippen LogP contribution < -0.4 is 10.6 Å². The van der Waals surface area contributed by atoms with E-state index in [1.165, 1.54) is 11.8 Å². The number of aromatic nitrogens is 1. The SMILES string of the molecule is Cc1cc(NC(=O)C2CSCC(=O)N2)no1. The molecule has 2 N–H and O–H groups in total. The third-order valence-corrected chi connectivity index (χ3v) is 3.08. The van der Waals surface area contributed by atoms with Crippen LogP contribution in [0, 0.1) is 6.92 Å². The molecule has 1 aliphatic heterocycles. The first-order chi connectivity index (χ1) is 7.65. The molecule has 0 radical (unpaired) electrons. The van der Waals surface area contributed by atoms with Crippen LogP contribution >= 0.6 is 11.8 Å². The highest BCUT2D eigenvalue weighted by Crippen LogP contribution is 2.12. The first-order valence-corrected chi connectivity index (χ1v) is 5.92. The van der Waals surface area contributed by atoms with Crippen LogP contribution in [0.1, 0.15) is 5.76 Å². The van der Waals surface area contributed by atoms with Crippen LogP contribution in [-0.4, -0.2) is 34.5 Å². The lowest BCUT2D eigenvalue weighted by molar-refractivity contribution is -0.124. The van der Waals surface area contributed by atoms with E-state index in [4.69, 9.17) is 4.52 Å². The van der Waals surface area contributed by atoms with Crippen LogP contribution in [0.4, 0.5) is 5.82 Å². The zero-order chi connectivity index (χ0) is 11.5. The van der Waals surface area contributed by atoms with Gasteiger partial charge in [-0.05, 0) is 6.92 Å². The standard InChI is InChI=1S/C9H11N3O3S/c1-5-2-7(12-15-5)11-9(14)6-3-16-4-8(13)10-6/h2,6H,3-4H2,1H3,(H,10,13)(H,11,12,14). The van der Waals surface area contributed by atoms with E-state index in [1.54, 1.807) is 13.0 Å². The smallest absolute Gasteiger partial charge is 0.249 e. The highest BCUT2D eigenvalue weighted by atomic mass is 32.2. The van der Waals surface area contributed by atoms with Crippen molar-refractivity contribution in [3.05, 3.63) is 11.8 Å². The number of carbonyl (C=O) groups is 2. The number of anilines is 1. The number of rotatable bonds is 2. The molecule has 86 valence electrons. The summed E-state index contributed by atoms with van der Waals surface area (Å²) in [6.07, 6.45) is 0. The topological polar surface area (TPSA) is 84.2 Å². The molecule has 6 nitrogen and oxygen atoms in total. The van der Waals surface area contributed by atoms with Crippen molar-refractivity contribution in [3.63, 3.8) is 0 Å². The van der Waals surface area contributed by atoms with E-state index in [2.05, 4.69) is 15.8 Å². The Bertz CT molecular complexity index is 418. The molecule has 2 amide bonds. The molecule has 7 heteroatoms. The Morgan fingerprint density at radius 3 is 3.19 bits per heavy atom.